The molecule has 0 amide bonds. The molecule has 82 valence electrons. The molecule has 15 heavy (non-hydrogen) atoms. The van der Waals surface area contributed by atoms with Gasteiger partial charge in [0.1, 0.15) is 0 Å². The Morgan fingerprint density at radius 2 is 2.27 bits per heavy atom. The SMILES string of the molecule is Cc1cccnc1CNOC1CCCC1. The Morgan fingerprint density at radius 3 is 3.00 bits per heavy atom. The highest BCUT2D eigenvalue weighted by molar-refractivity contribution is 5.16. The number of aryl methyl sites for hydroxylation is 1. The van der Waals surface area contributed by atoms with Crippen molar-refractivity contribution in [3.8, 4) is 0 Å². The molecule has 1 aliphatic carbocycles. The van der Waals surface area contributed by atoms with Gasteiger partial charge in [-0.05, 0) is 31.4 Å². The molecule has 1 heterocycles. The van der Waals surface area contributed by atoms with Gasteiger partial charge in [0, 0.05) is 6.20 Å². The number of hydroxylamine groups is 1. The molecule has 1 N–H and O–H groups in total. The summed E-state index contributed by atoms with van der Waals surface area (Å²) in [6, 6.07) is 4.02. The van der Waals surface area contributed by atoms with Gasteiger partial charge >= 0.3 is 0 Å². The summed E-state index contributed by atoms with van der Waals surface area (Å²) in [5, 5.41) is 0. The fourth-order valence-electron chi connectivity index (χ4n) is 1.94. The molecule has 0 spiro atoms. The van der Waals surface area contributed by atoms with Crippen LogP contribution >= 0.6 is 0 Å². The quantitative estimate of drug-likeness (QED) is 0.768. The largest absolute Gasteiger partial charge is 0.298 e. The van der Waals surface area contributed by atoms with Crippen LogP contribution < -0.4 is 5.48 Å². The highest BCUT2D eigenvalue weighted by Gasteiger charge is 2.15. The molecule has 0 saturated heterocycles. The van der Waals surface area contributed by atoms with Gasteiger partial charge in [-0.3, -0.25) is 9.82 Å². The summed E-state index contributed by atoms with van der Waals surface area (Å²) in [5.41, 5.74) is 5.30. The number of pyridine rings is 1. The first kappa shape index (κ1) is 10.6. The summed E-state index contributed by atoms with van der Waals surface area (Å²) in [5.74, 6) is 0. The minimum Gasteiger partial charge on any atom is -0.298 e. The second-order valence-electron chi connectivity index (χ2n) is 4.11. The zero-order chi connectivity index (χ0) is 10.5. The van der Waals surface area contributed by atoms with E-state index in [9.17, 15) is 0 Å². The standard InChI is InChI=1S/C12H18N2O/c1-10-5-4-8-13-12(10)9-14-15-11-6-2-3-7-11/h4-5,8,11,14H,2-3,6-7,9H2,1H3. The smallest absolute Gasteiger partial charge is 0.0790 e. The Labute approximate surface area is 90.8 Å². The molecule has 0 aliphatic heterocycles. The lowest BCUT2D eigenvalue weighted by molar-refractivity contribution is -0.0249. The van der Waals surface area contributed by atoms with E-state index in [1.165, 1.54) is 31.2 Å². The number of rotatable bonds is 4. The predicted octanol–water partition coefficient (Wildman–Crippen LogP) is 2.35. The van der Waals surface area contributed by atoms with Gasteiger partial charge in [-0.2, -0.15) is 5.48 Å². The average molecular weight is 206 g/mol. The summed E-state index contributed by atoms with van der Waals surface area (Å²) >= 11 is 0. The maximum Gasteiger partial charge on any atom is 0.0790 e. The van der Waals surface area contributed by atoms with Crippen LogP contribution in [0.2, 0.25) is 0 Å². The average Bonchev–Trinajstić information content (AvgIpc) is 2.74. The molecule has 1 fully saturated rings. The van der Waals surface area contributed by atoms with Crippen molar-refractivity contribution in [2.45, 2.75) is 45.3 Å². The second kappa shape index (κ2) is 5.24. The van der Waals surface area contributed by atoms with Crippen LogP contribution in [-0.2, 0) is 11.4 Å². The molecule has 1 aromatic rings. The zero-order valence-electron chi connectivity index (χ0n) is 9.20. The lowest BCUT2D eigenvalue weighted by atomic mass is 10.2. The van der Waals surface area contributed by atoms with E-state index >= 15 is 0 Å². The fraction of sp³-hybridized carbons (Fsp3) is 0.583. The second-order valence-corrected chi connectivity index (χ2v) is 4.11. The van der Waals surface area contributed by atoms with Gasteiger partial charge in [-0.25, -0.2) is 0 Å². The zero-order valence-corrected chi connectivity index (χ0v) is 9.20. The summed E-state index contributed by atoms with van der Waals surface area (Å²) < 4.78 is 0. The fourth-order valence-corrected chi connectivity index (χ4v) is 1.94. The van der Waals surface area contributed by atoms with Crippen LogP contribution in [0.5, 0.6) is 0 Å². The first-order chi connectivity index (χ1) is 7.36. The first-order valence-electron chi connectivity index (χ1n) is 5.65. The van der Waals surface area contributed by atoms with Crippen LogP contribution in [0.1, 0.15) is 36.9 Å². The Morgan fingerprint density at radius 1 is 1.47 bits per heavy atom. The molecule has 0 aromatic carbocycles. The maximum absolute atomic E-state index is 5.57. The Kier molecular flexibility index (Phi) is 3.69. The minimum absolute atomic E-state index is 0.411. The molecular weight excluding hydrogens is 188 g/mol. The lowest BCUT2D eigenvalue weighted by Gasteiger charge is -2.11. The predicted molar refractivity (Wildman–Crippen MR) is 59.2 cm³/mol. The molecular formula is C12H18N2O. The minimum atomic E-state index is 0.411. The van der Waals surface area contributed by atoms with E-state index in [4.69, 9.17) is 4.84 Å². The van der Waals surface area contributed by atoms with Crippen LogP contribution in [0.15, 0.2) is 18.3 Å². The van der Waals surface area contributed by atoms with Crippen LogP contribution in [0, 0.1) is 6.92 Å². The molecule has 0 radical (unpaired) electrons. The van der Waals surface area contributed by atoms with Crippen molar-refractivity contribution >= 4 is 0 Å². The summed E-state index contributed by atoms with van der Waals surface area (Å²) in [6.07, 6.45) is 7.21. The van der Waals surface area contributed by atoms with Gasteiger partial charge in [0.05, 0.1) is 18.3 Å². The molecule has 3 nitrogen and oxygen atoms in total. The number of hydrogen-bond donors (Lipinski definition) is 1. The lowest BCUT2D eigenvalue weighted by Crippen LogP contribution is -2.22. The van der Waals surface area contributed by atoms with Crippen molar-refractivity contribution in [1.82, 2.24) is 10.5 Å². The van der Waals surface area contributed by atoms with Crippen LogP contribution in [0.3, 0.4) is 0 Å². The number of nitrogens with zero attached hydrogens (tertiary/aromatic N) is 1. The number of nitrogens with one attached hydrogen (secondary N) is 1. The van der Waals surface area contributed by atoms with Crippen LogP contribution in [0.4, 0.5) is 0 Å². The Balaban J connectivity index is 1.75. The Bertz CT molecular complexity index is 308. The maximum atomic E-state index is 5.57. The van der Waals surface area contributed by atoms with Crippen molar-refractivity contribution in [1.29, 1.82) is 0 Å². The molecule has 0 atom stereocenters. The first-order valence-corrected chi connectivity index (χ1v) is 5.65. The molecule has 3 heteroatoms. The van der Waals surface area contributed by atoms with Crippen molar-refractivity contribution in [2.24, 2.45) is 0 Å². The van der Waals surface area contributed by atoms with Gasteiger partial charge in [0.2, 0.25) is 0 Å². The molecule has 0 unspecified atom stereocenters. The monoisotopic (exact) mass is 206 g/mol. The normalized spacial score (nSPS) is 17.1. The van der Waals surface area contributed by atoms with Gasteiger partial charge in [0.25, 0.3) is 0 Å². The van der Waals surface area contributed by atoms with E-state index in [1.807, 2.05) is 12.3 Å². The summed E-state index contributed by atoms with van der Waals surface area (Å²) in [6.45, 7) is 2.77. The topological polar surface area (TPSA) is 34.2 Å². The van der Waals surface area contributed by atoms with Crippen molar-refractivity contribution in [3.63, 3.8) is 0 Å². The highest BCUT2D eigenvalue weighted by atomic mass is 16.7. The summed E-state index contributed by atoms with van der Waals surface area (Å²) in [4.78, 5) is 9.87. The highest BCUT2D eigenvalue weighted by Crippen LogP contribution is 2.19. The third kappa shape index (κ3) is 3.01. The molecule has 1 aromatic heterocycles. The van der Waals surface area contributed by atoms with E-state index in [0.717, 1.165) is 5.69 Å². The third-order valence-corrected chi connectivity index (χ3v) is 2.91. The van der Waals surface area contributed by atoms with Crippen molar-refractivity contribution < 1.29 is 4.84 Å². The molecule has 2 rings (SSSR count). The van der Waals surface area contributed by atoms with Crippen LogP contribution in [0.25, 0.3) is 0 Å². The van der Waals surface area contributed by atoms with E-state index < -0.39 is 0 Å². The van der Waals surface area contributed by atoms with Gasteiger partial charge in [-0.1, -0.05) is 18.9 Å². The molecule has 0 bridgehead atoms. The Hall–Kier alpha value is -0.930. The van der Waals surface area contributed by atoms with Gasteiger partial charge < -0.3 is 0 Å². The van der Waals surface area contributed by atoms with E-state index in [-0.39, 0.29) is 0 Å². The molecule has 1 saturated carbocycles. The van der Waals surface area contributed by atoms with E-state index in [0.29, 0.717) is 12.6 Å². The van der Waals surface area contributed by atoms with Gasteiger partial charge in [0.15, 0.2) is 0 Å². The number of hydrogen-bond acceptors (Lipinski definition) is 3. The molecule has 1 aliphatic rings. The van der Waals surface area contributed by atoms with Gasteiger partial charge in [-0.15, -0.1) is 0 Å². The summed E-state index contributed by atoms with van der Waals surface area (Å²) in [7, 11) is 0. The number of aromatic nitrogens is 1. The van der Waals surface area contributed by atoms with Crippen LogP contribution in [-0.4, -0.2) is 11.1 Å². The third-order valence-electron chi connectivity index (χ3n) is 2.91. The van der Waals surface area contributed by atoms with E-state index in [2.05, 4.69) is 23.5 Å². The van der Waals surface area contributed by atoms with Crippen molar-refractivity contribution in [2.75, 3.05) is 0 Å². The van der Waals surface area contributed by atoms with E-state index in [1.54, 1.807) is 0 Å². The van der Waals surface area contributed by atoms with Crippen molar-refractivity contribution in [3.05, 3.63) is 29.6 Å².